The average molecular weight is 226 g/mol. The van der Waals surface area contributed by atoms with Gasteiger partial charge in [0.1, 0.15) is 0 Å². The van der Waals surface area contributed by atoms with Crippen LogP contribution < -0.4 is 5.32 Å². The number of hydrogen-bond donors (Lipinski definition) is 2. The van der Waals surface area contributed by atoms with E-state index in [1.54, 1.807) is 0 Å². The van der Waals surface area contributed by atoms with Crippen LogP contribution in [0.4, 0.5) is 0 Å². The van der Waals surface area contributed by atoms with Gasteiger partial charge in [-0.1, -0.05) is 19.8 Å². The Labute approximate surface area is 99.2 Å². The van der Waals surface area contributed by atoms with E-state index in [4.69, 9.17) is 0 Å². The van der Waals surface area contributed by atoms with Gasteiger partial charge in [0.2, 0.25) is 0 Å². The molecule has 2 N–H and O–H groups in total. The van der Waals surface area contributed by atoms with E-state index in [0.717, 1.165) is 32.0 Å². The van der Waals surface area contributed by atoms with Gasteiger partial charge in [0, 0.05) is 25.2 Å². The highest BCUT2D eigenvalue weighted by atomic mass is 16.3. The van der Waals surface area contributed by atoms with Crippen LogP contribution in [0.25, 0.3) is 0 Å². The molecule has 0 heterocycles. The first-order chi connectivity index (χ1) is 7.81. The Balaban J connectivity index is 1.62. The summed E-state index contributed by atoms with van der Waals surface area (Å²) in [6, 6.07) is 1.22. The van der Waals surface area contributed by atoms with E-state index in [9.17, 15) is 5.11 Å². The van der Waals surface area contributed by atoms with Crippen molar-refractivity contribution in [3.63, 3.8) is 0 Å². The van der Waals surface area contributed by atoms with E-state index < -0.39 is 0 Å². The highest BCUT2D eigenvalue weighted by molar-refractivity contribution is 4.85. The molecule has 0 unspecified atom stereocenters. The zero-order valence-electron chi connectivity index (χ0n) is 10.5. The van der Waals surface area contributed by atoms with Crippen LogP contribution >= 0.6 is 0 Å². The molecule has 0 aromatic rings. The van der Waals surface area contributed by atoms with Gasteiger partial charge in [-0.2, -0.15) is 0 Å². The van der Waals surface area contributed by atoms with Crippen LogP contribution in [0.3, 0.4) is 0 Å². The molecular formula is C13H26N2O. The molecule has 2 atom stereocenters. The van der Waals surface area contributed by atoms with Gasteiger partial charge in [-0.3, -0.25) is 4.90 Å². The molecule has 0 aromatic carbocycles. The zero-order chi connectivity index (χ0) is 11.4. The third-order valence-electron chi connectivity index (χ3n) is 4.00. The lowest BCUT2D eigenvalue weighted by molar-refractivity contribution is 0.0892. The first-order valence-corrected chi connectivity index (χ1v) is 6.96. The maximum Gasteiger partial charge on any atom is 0.0693 e. The Morgan fingerprint density at radius 3 is 2.56 bits per heavy atom. The largest absolute Gasteiger partial charge is 0.392 e. The summed E-state index contributed by atoms with van der Waals surface area (Å²) in [6.45, 7) is 5.59. The van der Waals surface area contributed by atoms with Crippen LogP contribution in [-0.2, 0) is 0 Å². The average Bonchev–Trinajstić information content (AvgIpc) is 3.11. The van der Waals surface area contributed by atoms with Crippen LogP contribution in [0.5, 0.6) is 0 Å². The molecule has 2 rings (SSSR count). The highest BCUT2D eigenvalue weighted by Gasteiger charge is 2.28. The van der Waals surface area contributed by atoms with Crippen LogP contribution in [-0.4, -0.2) is 47.8 Å². The van der Waals surface area contributed by atoms with Crippen LogP contribution in [0.2, 0.25) is 0 Å². The van der Waals surface area contributed by atoms with E-state index in [1.807, 2.05) is 0 Å². The van der Waals surface area contributed by atoms with E-state index in [-0.39, 0.29) is 6.10 Å². The van der Waals surface area contributed by atoms with Crippen molar-refractivity contribution < 1.29 is 5.11 Å². The van der Waals surface area contributed by atoms with Crippen molar-refractivity contribution in [1.82, 2.24) is 10.2 Å². The fourth-order valence-corrected chi connectivity index (χ4v) is 2.78. The number of aliphatic hydroxyl groups excluding tert-OH is 1. The van der Waals surface area contributed by atoms with E-state index in [1.165, 1.54) is 32.2 Å². The van der Waals surface area contributed by atoms with Gasteiger partial charge < -0.3 is 10.4 Å². The van der Waals surface area contributed by atoms with Gasteiger partial charge >= 0.3 is 0 Å². The Kier molecular flexibility index (Phi) is 4.62. The van der Waals surface area contributed by atoms with Gasteiger partial charge in [0.25, 0.3) is 0 Å². The third kappa shape index (κ3) is 3.44. The molecule has 2 fully saturated rings. The molecule has 0 spiro atoms. The summed E-state index contributed by atoms with van der Waals surface area (Å²) in [5, 5.41) is 13.4. The predicted octanol–water partition coefficient (Wildman–Crippen LogP) is 1.36. The minimum absolute atomic E-state index is 0.107. The monoisotopic (exact) mass is 226 g/mol. The number of likely N-dealkylation sites (N-methyl/N-ethyl adjacent to an activating group) is 1. The standard InChI is InChI=1S/C13H26N2O/c1-2-15(11-7-8-11)10-9-14-12-5-3-4-6-13(12)16/h11-14,16H,2-10H2,1H3/t12-,13-/m0/s1. The second-order valence-electron chi connectivity index (χ2n) is 5.27. The number of hydrogen-bond acceptors (Lipinski definition) is 3. The molecule has 94 valence electrons. The lowest BCUT2D eigenvalue weighted by atomic mass is 9.93. The molecule has 2 aliphatic rings. The minimum atomic E-state index is -0.107. The van der Waals surface area contributed by atoms with Crippen molar-refractivity contribution in [1.29, 1.82) is 0 Å². The van der Waals surface area contributed by atoms with Crippen molar-refractivity contribution in [2.75, 3.05) is 19.6 Å². The van der Waals surface area contributed by atoms with Crippen molar-refractivity contribution in [3.8, 4) is 0 Å². The molecule has 0 bridgehead atoms. The number of nitrogens with zero attached hydrogens (tertiary/aromatic N) is 1. The Hall–Kier alpha value is -0.120. The summed E-state index contributed by atoms with van der Waals surface area (Å²) in [4.78, 5) is 2.56. The molecule has 2 saturated carbocycles. The lowest BCUT2D eigenvalue weighted by Gasteiger charge is -2.29. The molecule has 0 radical (unpaired) electrons. The van der Waals surface area contributed by atoms with E-state index in [2.05, 4.69) is 17.1 Å². The molecule has 0 amide bonds. The summed E-state index contributed by atoms with van der Waals surface area (Å²) < 4.78 is 0. The number of nitrogens with one attached hydrogen (secondary N) is 1. The maximum atomic E-state index is 9.84. The molecule has 0 aliphatic heterocycles. The third-order valence-corrected chi connectivity index (χ3v) is 4.00. The molecule has 2 aliphatic carbocycles. The van der Waals surface area contributed by atoms with Gasteiger partial charge in [0.15, 0.2) is 0 Å². The van der Waals surface area contributed by atoms with Crippen molar-refractivity contribution in [2.45, 2.75) is 63.6 Å². The SMILES string of the molecule is CCN(CCN[C@H]1CCCC[C@@H]1O)C1CC1. The first-order valence-electron chi connectivity index (χ1n) is 6.96. The Bertz CT molecular complexity index is 206. The summed E-state index contributed by atoms with van der Waals surface area (Å²) in [6.07, 6.45) is 7.27. The topological polar surface area (TPSA) is 35.5 Å². The fourth-order valence-electron chi connectivity index (χ4n) is 2.78. The number of rotatable bonds is 6. The predicted molar refractivity (Wildman–Crippen MR) is 66.5 cm³/mol. The van der Waals surface area contributed by atoms with E-state index in [0.29, 0.717) is 6.04 Å². The highest BCUT2D eigenvalue weighted by Crippen LogP contribution is 2.26. The minimum Gasteiger partial charge on any atom is -0.392 e. The van der Waals surface area contributed by atoms with E-state index >= 15 is 0 Å². The Morgan fingerprint density at radius 1 is 1.19 bits per heavy atom. The summed E-state index contributed by atoms with van der Waals surface area (Å²) in [7, 11) is 0. The molecule has 3 nitrogen and oxygen atoms in total. The second kappa shape index (κ2) is 5.99. The summed E-state index contributed by atoms with van der Waals surface area (Å²) in [5.74, 6) is 0. The van der Waals surface area contributed by atoms with Crippen LogP contribution in [0, 0.1) is 0 Å². The van der Waals surface area contributed by atoms with Crippen molar-refractivity contribution >= 4 is 0 Å². The molecule has 16 heavy (non-hydrogen) atoms. The Morgan fingerprint density at radius 2 is 1.94 bits per heavy atom. The summed E-state index contributed by atoms with van der Waals surface area (Å²) >= 11 is 0. The molecule has 0 aromatic heterocycles. The normalized spacial score (nSPS) is 30.9. The van der Waals surface area contributed by atoms with Gasteiger partial charge in [0.05, 0.1) is 6.10 Å². The van der Waals surface area contributed by atoms with Crippen molar-refractivity contribution in [3.05, 3.63) is 0 Å². The van der Waals surface area contributed by atoms with Gasteiger partial charge in [-0.05, 0) is 32.2 Å². The summed E-state index contributed by atoms with van der Waals surface area (Å²) in [5.41, 5.74) is 0. The molecule has 3 heteroatoms. The fraction of sp³-hybridized carbons (Fsp3) is 1.00. The first kappa shape index (κ1) is 12.3. The smallest absolute Gasteiger partial charge is 0.0693 e. The van der Waals surface area contributed by atoms with Crippen LogP contribution in [0.15, 0.2) is 0 Å². The van der Waals surface area contributed by atoms with Crippen LogP contribution in [0.1, 0.15) is 45.4 Å². The molecule has 0 saturated heterocycles. The second-order valence-corrected chi connectivity index (χ2v) is 5.27. The van der Waals surface area contributed by atoms with Crippen molar-refractivity contribution in [2.24, 2.45) is 0 Å². The lowest BCUT2D eigenvalue weighted by Crippen LogP contribution is -2.45. The molecular weight excluding hydrogens is 200 g/mol. The van der Waals surface area contributed by atoms with Gasteiger partial charge in [-0.15, -0.1) is 0 Å². The quantitative estimate of drug-likeness (QED) is 0.718. The zero-order valence-corrected chi connectivity index (χ0v) is 10.5. The number of aliphatic hydroxyl groups is 1. The maximum absolute atomic E-state index is 9.84. The van der Waals surface area contributed by atoms with Gasteiger partial charge in [-0.25, -0.2) is 0 Å².